The molecular formula is C18H15ClN2O2. The average molecular weight is 327 g/mol. The van der Waals surface area contributed by atoms with E-state index in [9.17, 15) is 9.59 Å². The fourth-order valence-electron chi connectivity index (χ4n) is 2.54. The molecule has 0 saturated heterocycles. The van der Waals surface area contributed by atoms with Gasteiger partial charge in [0.25, 0.3) is 5.56 Å². The number of rotatable bonds is 3. The van der Waals surface area contributed by atoms with E-state index in [4.69, 9.17) is 11.6 Å². The molecule has 116 valence electrons. The Kier molecular flexibility index (Phi) is 4.17. The van der Waals surface area contributed by atoms with Gasteiger partial charge in [-0.05, 0) is 23.8 Å². The molecule has 23 heavy (non-hydrogen) atoms. The van der Waals surface area contributed by atoms with E-state index in [0.717, 1.165) is 10.9 Å². The summed E-state index contributed by atoms with van der Waals surface area (Å²) in [5.41, 5.74) is 1.37. The molecule has 5 heteroatoms. The Morgan fingerprint density at radius 2 is 1.87 bits per heavy atom. The van der Waals surface area contributed by atoms with Crippen molar-refractivity contribution in [2.24, 2.45) is 7.05 Å². The van der Waals surface area contributed by atoms with Gasteiger partial charge in [-0.3, -0.25) is 9.59 Å². The van der Waals surface area contributed by atoms with Crippen LogP contribution in [0.2, 0.25) is 5.02 Å². The Hall–Kier alpha value is -2.59. The van der Waals surface area contributed by atoms with E-state index in [-0.39, 0.29) is 17.9 Å². The minimum atomic E-state index is -0.156. The van der Waals surface area contributed by atoms with E-state index in [2.05, 4.69) is 5.32 Å². The molecule has 1 heterocycles. The Morgan fingerprint density at radius 1 is 1.13 bits per heavy atom. The van der Waals surface area contributed by atoms with E-state index in [1.807, 2.05) is 24.3 Å². The fraction of sp³-hybridized carbons (Fsp3) is 0.111. The number of benzene rings is 2. The molecule has 0 unspecified atom stereocenters. The number of hydrogen-bond donors (Lipinski definition) is 1. The lowest BCUT2D eigenvalue weighted by Crippen LogP contribution is -2.20. The number of anilines is 1. The van der Waals surface area contributed by atoms with Crippen LogP contribution in [0, 0.1) is 0 Å². The van der Waals surface area contributed by atoms with Crippen LogP contribution in [-0.4, -0.2) is 10.5 Å². The van der Waals surface area contributed by atoms with Crippen LogP contribution in [0.15, 0.2) is 59.5 Å². The lowest BCUT2D eigenvalue weighted by Gasteiger charge is -2.11. The molecule has 0 saturated carbocycles. The first-order valence-corrected chi connectivity index (χ1v) is 7.55. The van der Waals surface area contributed by atoms with Crippen molar-refractivity contribution in [1.29, 1.82) is 0 Å². The van der Waals surface area contributed by atoms with Gasteiger partial charge in [-0.1, -0.05) is 41.9 Å². The zero-order chi connectivity index (χ0) is 16.4. The van der Waals surface area contributed by atoms with Crippen LogP contribution in [0.4, 0.5) is 5.69 Å². The summed E-state index contributed by atoms with van der Waals surface area (Å²) in [6.45, 7) is 0. The monoisotopic (exact) mass is 326 g/mol. The predicted molar refractivity (Wildman–Crippen MR) is 93.0 cm³/mol. The molecule has 3 rings (SSSR count). The zero-order valence-corrected chi connectivity index (χ0v) is 13.3. The number of nitrogens with one attached hydrogen (secondary N) is 1. The molecule has 0 bridgehead atoms. The number of nitrogens with zero attached hydrogens (tertiary/aromatic N) is 1. The van der Waals surface area contributed by atoms with Gasteiger partial charge in [0, 0.05) is 29.0 Å². The molecule has 0 aliphatic carbocycles. The minimum absolute atomic E-state index is 0.0894. The molecular weight excluding hydrogens is 312 g/mol. The summed E-state index contributed by atoms with van der Waals surface area (Å²) in [6, 6.07) is 14.4. The van der Waals surface area contributed by atoms with Crippen LogP contribution in [0.25, 0.3) is 10.8 Å². The number of fused-ring (bicyclic) bond motifs is 1. The quantitative estimate of drug-likeness (QED) is 0.802. The van der Waals surface area contributed by atoms with Gasteiger partial charge in [-0.2, -0.15) is 0 Å². The van der Waals surface area contributed by atoms with E-state index in [0.29, 0.717) is 16.1 Å². The molecule has 1 N–H and O–H groups in total. The van der Waals surface area contributed by atoms with Gasteiger partial charge in [0.15, 0.2) is 0 Å². The van der Waals surface area contributed by atoms with Crippen LogP contribution < -0.4 is 10.9 Å². The van der Waals surface area contributed by atoms with Gasteiger partial charge in [-0.25, -0.2) is 0 Å². The van der Waals surface area contributed by atoms with Gasteiger partial charge in [-0.15, -0.1) is 0 Å². The SMILES string of the molecule is Cn1cc(NC(=O)Cc2cccc(Cl)c2)c2ccccc2c1=O. The normalized spacial score (nSPS) is 10.7. The van der Waals surface area contributed by atoms with E-state index < -0.39 is 0 Å². The Bertz CT molecular complexity index is 947. The molecule has 0 aliphatic rings. The van der Waals surface area contributed by atoms with Crippen LogP contribution >= 0.6 is 11.6 Å². The summed E-state index contributed by atoms with van der Waals surface area (Å²) in [7, 11) is 1.67. The number of hydrogen-bond acceptors (Lipinski definition) is 2. The Labute approximate surface area is 138 Å². The van der Waals surface area contributed by atoms with Gasteiger partial charge in [0.05, 0.1) is 12.1 Å². The lowest BCUT2D eigenvalue weighted by molar-refractivity contribution is -0.115. The maximum Gasteiger partial charge on any atom is 0.258 e. The first-order chi connectivity index (χ1) is 11.0. The summed E-state index contributed by atoms with van der Waals surface area (Å²) >= 11 is 5.94. The first kappa shape index (κ1) is 15.3. The molecule has 2 aromatic carbocycles. The van der Waals surface area contributed by atoms with Crippen molar-refractivity contribution in [2.45, 2.75) is 6.42 Å². The second-order valence-electron chi connectivity index (χ2n) is 5.36. The Morgan fingerprint density at radius 3 is 2.61 bits per heavy atom. The van der Waals surface area contributed by atoms with E-state index in [1.165, 1.54) is 4.57 Å². The molecule has 0 atom stereocenters. The van der Waals surface area contributed by atoms with E-state index >= 15 is 0 Å². The highest BCUT2D eigenvalue weighted by molar-refractivity contribution is 6.30. The summed E-state index contributed by atoms with van der Waals surface area (Å²) in [5.74, 6) is -0.156. The van der Waals surface area contributed by atoms with Crippen LogP contribution in [0.5, 0.6) is 0 Å². The van der Waals surface area contributed by atoms with Crippen molar-refractivity contribution in [3.63, 3.8) is 0 Å². The molecule has 1 amide bonds. The summed E-state index contributed by atoms with van der Waals surface area (Å²) < 4.78 is 1.47. The van der Waals surface area contributed by atoms with Gasteiger partial charge in [0.2, 0.25) is 5.91 Å². The third-order valence-electron chi connectivity index (χ3n) is 3.62. The number of aryl methyl sites for hydroxylation is 1. The molecule has 1 aromatic heterocycles. The molecule has 0 fully saturated rings. The van der Waals surface area contributed by atoms with E-state index in [1.54, 1.807) is 37.5 Å². The highest BCUT2D eigenvalue weighted by Crippen LogP contribution is 2.20. The smallest absolute Gasteiger partial charge is 0.258 e. The van der Waals surface area contributed by atoms with Crippen molar-refractivity contribution in [2.75, 3.05) is 5.32 Å². The zero-order valence-electron chi connectivity index (χ0n) is 12.5. The maximum atomic E-state index is 12.3. The topological polar surface area (TPSA) is 51.1 Å². The number of amides is 1. The van der Waals surface area contributed by atoms with Crippen molar-refractivity contribution < 1.29 is 4.79 Å². The van der Waals surface area contributed by atoms with Crippen molar-refractivity contribution in [3.8, 4) is 0 Å². The largest absolute Gasteiger partial charge is 0.324 e. The van der Waals surface area contributed by atoms with Crippen LogP contribution in [0.3, 0.4) is 0 Å². The molecule has 0 radical (unpaired) electrons. The van der Waals surface area contributed by atoms with Crippen molar-refractivity contribution in [3.05, 3.63) is 75.7 Å². The maximum absolute atomic E-state index is 12.3. The molecule has 4 nitrogen and oxygen atoms in total. The number of carbonyl (C=O) groups excluding carboxylic acids is 1. The van der Waals surface area contributed by atoms with Gasteiger partial charge in [0.1, 0.15) is 0 Å². The first-order valence-electron chi connectivity index (χ1n) is 7.17. The number of pyridine rings is 1. The second kappa shape index (κ2) is 6.26. The van der Waals surface area contributed by atoms with Gasteiger partial charge >= 0.3 is 0 Å². The summed E-state index contributed by atoms with van der Waals surface area (Å²) in [5, 5.41) is 4.79. The van der Waals surface area contributed by atoms with Crippen LogP contribution in [-0.2, 0) is 18.3 Å². The van der Waals surface area contributed by atoms with Crippen molar-refractivity contribution in [1.82, 2.24) is 4.57 Å². The average Bonchev–Trinajstić information content (AvgIpc) is 2.52. The predicted octanol–water partition coefficient (Wildman–Crippen LogP) is 3.37. The number of carbonyl (C=O) groups is 1. The third kappa shape index (κ3) is 3.27. The molecule has 0 spiro atoms. The molecule has 0 aliphatic heterocycles. The lowest BCUT2D eigenvalue weighted by atomic mass is 10.1. The highest BCUT2D eigenvalue weighted by Gasteiger charge is 2.10. The summed E-state index contributed by atoms with van der Waals surface area (Å²) in [6.07, 6.45) is 1.86. The number of aromatic nitrogens is 1. The molecule has 3 aromatic rings. The minimum Gasteiger partial charge on any atom is -0.324 e. The second-order valence-corrected chi connectivity index (χ2v) is 5.80. The third-order valence-corrected chi connectivity index (χ3v) is 3.85. The number of halogens is 1. The van der Waals surface area contributed by atoms with Gasteiger partial charge < -0.3 is 9.88 Å². The standard InChI is InChI=1S/C18H15ClN2O2/c1-21-11-16(14-7-2-3-8-15(14)18(21)23)20-17(22)10-12-5-4-6-13(19)9-12/h2-9,11H,10H2,1H3,(H,20,22). The fourth-order valence-corrected chi connectivity index (χ4v) is 2.76. The summed E-state index contributed by atoms with van der Waals surface area (Å²) in [4.78, 5) is 24.4. The highest BCUT2D eigenvalue weighted by atomic mass is 35.5. The van der Waals surface area contributed by atoms with Crippen molar-refractivity contribution >= 4 is 34.0 Å². The Balaban J connectivity index is 1.91. The van der Waals surface area contributed by atoms with Crippen LogP contribution in [0.1, 0.15) is 5.56 Å².